The summed E-state index contributed by atoms with van der Waals surface area (Å²) in [4.78, 5) is 24.8. The normalized spacial score (nSPS) is 10.3. The molecular weight excluding hydrogens is 422 g/mol. The first kappa shape index (κ1) is 23.0. The molecule has 164 valence electrons. The Balaban J connectivity index is 1.56. The highest BCUT2D eigenvalue weighted by atomic mass is 32.1. The van der Waals surface area contributed by atoms with Crippen LogP contribution in [0, 0.1) is 0 Å². The van der Waals surface area contributed by atoms with Gasteiger partial charge in [-0.15, -0.1) is 0 Å². The Morgan fingerprint density at radius 3 is 2.28 bits per heavy atom. The maximum atomic E-state index is 12.5. The van der Waals surface area contributed by atoms with E-state index in [4.69, 9.17) is 17.0 Å². The van der Waals surface area contributed by atoms with Crippen molar-refractivity contribution in [1.82, 2.24) is 5.32 Å². The minimum atomic E-state index is -0.343. The van der Waals surface area contributed by atoms with Crippen LogP contribution in [0.1, 0.15) is 29.8 Å². The summed E-state index contributed by atoms with van der Waals surface area (Å²) in [6, 6.07) is 23.5. The maximum absolute atomic E-state index is 12.5. The van der Waals surface area contributed by atoms with Gasteiger partial charge >= 0.3 is 0 Å². The number of rotatable bonds is 7. The summed E-state index contributed by atoms with van der Waals surface area (Å²) in [5, 5.41) is 8.65. The number of carbonyl (C=O) groups excluding carboxylic acids is 2. The van der Waals surface area contributed by atoms with Crippen LogP contribution in [0.25, 0.3) is 0 Å². The van der Waals surface area contributed by atoms with E-state index < -0.39 is 0 Å². The zero-order valence-corrected chi connectivity index (χ0v) is 18.7. The minimum absolute atomic E-state index is 0.0107. The Kier molecular flexibility index (Phi) is 7.94. The lowest BCUT2D eigenvalue weighted by Crippen LogP contribution is -2.34. The summed E-state index contributed by atoms with van der Waals surface area (Å²) in [5.41, 5.74) is 2.65. The number of anilines is 2. The lowest BCUT2D eigenvalue weighted by Gasteiger charge is -2.13. The molecule has 3 aromatic carbocycles. The van der Waals surface area contributed by atoms with E-state index in [1.807, 2.05) is 44.2 Å². The molecule has 0 aliphatic rings. The molecule has 0 saturated heterocycles. The number of benzene rings is 3. The second-order valence-electron chi connectivity index (χ2n) is 7.39. The Bertz CT molecular complexity index is 1100. The van der Waals surface area contributed by atoms with Gasteiger partial charge < -0.3 is 15.4 Å². The van der Waals surface area contributed by atoms with Gasteiger partial charge in [0.05, 0.1) is 12.5 Å². The van der Waals surface area contributed by atoms with Gasteiger partial charge in [0, 0.05) is 16.9 Å². The number of carbonyl (C=O) groups is 2. The summed E-state index contributed by atoms with van der Waals surface area (Å²) in [6.45, 7) is 3.84. The molecule has 0 spiro atoms. The van der Waals surface area contributed by atoms with Crippen LogP contribution in [0.3, 0.4) is 0 Å². The summed E-state index contributed by atoms with van der Waals surface area (Å²) in [5.74, 6) is 0.155. The molecule has 7 heteroatoms. The van der Waals surface area contributed by atoms with Crippen LogP contribution in [0.4, 0.5) is 11.4 Å². The van der Waals surface area contributed by atoms with E-state index in [0.717, 1.165) is 5.56 Å². The van der Waals surface area contributed by atoms with E-state index >= 15 is 0 Å². The molecule has 3 aromatic rings. The largest absolute Gasteiger partial charge is 0.491 e. The quantitative estimate of drug-likeness (QED) is 0.454. The van der Waals surface area contributed by atoms with Crippen LogP contribution in [-0.4, -0.2) is 23.0 Å². The fraction of sp³-hybridized carbons (Fsp3) is 0.160. The molecule has 0 unspecified atom stereocenters. The minimum Gasteiger partial charge on any atom is -0.491 e. The van der Waals surface area contributed by atoms with Gasteiger partial charge in [-0.25, -0.2) is 0 Å². The van der Waals surface area contributed by atoms with Crippen molar-refractivity contribution in [1.29, 1.82) is 0 Å². The van der Waals surface area contributed by atoms with Crippen molar-refractivity contribution in [3.8, 4) is 5.75 Å². The van der Waals surface area contributed by atoms with Crippen LogP contribution in [0.2, 0.25) is 0 Å². The Morgan fingerprint density at radius 2 is 1.56 bits per heavy atom. The van der Waals surface area contributed by atoms with E-state index in [1.54, 1.807) is 48.5 Å². The van der Waals surface area contributed by atoms with Gasteiger partial charge in [-0.3, -0.25) is 14.9 Å². The van der Waals surface area contributed by atoms with Crippen molar-refractivity contribution in [3.05, 3.63) is 90.0 Å². The SMILES string of the molecule is CC(C)Oc1cccc(C(=O)NC(=S)Nc2cccc(NC(=O)Cc3ccccc3)c2)c1. The topological polar surface area (TPSA) is 79.5 Å². The third-order valence-electron chi connectivity index (χ3n) is 4.31. The van der Waals surface area contributed by atoms with Crippen LogP contribution in [0.5, 0.6) is 5.75 Å². The van der Waals surface area contributed by atoms with Gasteiger partial charge in [0.25, 0.3) is 5.91 Å². The van der Waals surface area contributed by atoms with Gasteiger partial charge in [-0.05, 0) is 68.0 Å². The van der Waals surface area contributed by atoms with Crippen LogP contribution in [-0.2, 0) is 11.2 Å². The smallest absolute Gasteiger partial charge is 0.257 e. The number of amides is 2. The van der Waals surface area contributed by atoms with E-state index in [0.29, 0.717) is 22.7 Å². The first-order valence-corrected chi connectivity index (χ1v) is 10.6. The maximum Gasteiger partial charge on any atom is 0.257 e. The summed E-state index contributed by atoms with van der Waals surface area (Å²) >= 11 is 5.27. The molecule has 0 heterocycles. The van der Waals surface area contributed by atoms with E-state index in [1.165, 1.54) is 0 Å². The van der Waals surface area contributed by atoms with E-state index in [9.17, 15) is 9.59 Å². The molecule has 3 rings (SSSR count). The molecule has 0 fully saturated rings. The molecule has 0 atom stereocenters. The fourth-order valence-corrected chi connectivity index (χ4v) is 3.19. The van der Waals surface area contributed by atoms with E-state index in [2.05, 4.69) is 16.0 Å². The Morgan fingerprint density at radius 1 is 0.875 bits per heavy atom. The van der Waals surface area contributed by atoms with Crippen molar-refractivity contribution in [2.24, 2.45) is 0 Å². The monoisotopic (exact) mass is 447 g/mol. The molecule has 0 radical (unpaired) electrons. The van der Waals surface area contributed by atoms with Crippen molar-refractivity contribution in [3.63, 3.8) is 0 Å². The Labute approximate surface area is 193 Å². The zero-order valence-electron chi connectivity index (χ0n) is 17.9. The van der Waals surface area contributed by atoms with Gasteiger partial charge in [0.1, 0.15) is 5.75 Å². The number of hydrogen-bond donors (Lipinski definition) is 3. The summed E-state index contributed by atoms with van der Waals surface area (Å²) in [6.07, 6.45) is 0.295. The predicted molar refractivity (Wildman–Crippen MR) is 131 cm³/mol. The molecule has 32 heavy (non-hydrogen) atoms. The van der Waals surface area contributed by atoms with Gasteiger partial charge in [0.2, 0.25) is 5.91 Å². The van der Waals surface area contributed by atoms with Crippen LogP contribution < -0.4 is 20.7 Å². The molecule has 0 aromatic heterocycles. The summed E-state index contributed by atoms with van der Waals surface area (Å²) in [7, 11) is 0. The van der Waals surface area contributed by atoms with Crippen LogP contribution in [0.15, 0.2) is 78.9 Å². The second-order valence-corrected chi connectivity index (χ2v) is 7.80. The third-order valence-corrected chi connectivity index (χ3v) is 4.51. The highest BCUT2D eigenvalue weighted by Gasteiger charge is 2.10. The van der Waals surface area contributed by atoms with Crippen molar-refractivity contribution >= 4 is 40.5 Å². The lowest BCUT2D eigenvalue weighted by molar-refractivity contribution is -0.115. The van der Waals surface area contributed by atoms with Gasteiger partial charge in [-0.1, -0.05) is 42.5 Å². The predicted octanol–water partition coefficient (Wildman–Crippen LogP) is 4.78. The molecule has 6 nitrogen and oxygen atoms in total. The molecule has 3 N–H and O–H groups in total. The van der Waals surface area contributed by atoms with Crippen molar-refractivity contribution in [2.75, 3.05) is 10.6 Å². The number of thiocarbonyl (C=S) groups is 1. The molecule has 2 amide bonds. The average Bonchev–Trinajstić information content (AvgIpc) is 2.74. The molecule has 0 saturated carbocycles. The lowest BCUT2D eigenvalue weighted by atomic mass is 10.1. The highest BCUT2D eigenvalue weighted by molar-refractivity contribution is 7.80. The molecule has 0 bridgehead atoms. The number of nitrogens with one attached hydrogen (secondary N) is 3. The van der Waals surface area contributed by atoms with Gasteiger partial charge in [0.15, 0.2) is 5.11 Å². The van der Waals surface area contributed by atoms with E-state index in [-0.39, 0.29) is 29.5 Å². The second kappa shape index (κ2) is 11.1. The average molecular weight is 448 g/mol. The highest BCUT2D eigenvalue weighted by Crippen LogP contribution is 2.17. The van der Waals surface area contributed by atoms with Crippen LogP contribution >= 0.6 is 12.2 Å². The van der Waals surface area contributed by atoms with Crippen molar-refractivity contribution < 1.29 is 14.3 Å². The number of hydrogen-bond acceptors (Lipinski definition) is 4. The first-order chi connectivity index (χ1) is 15.4. The van der Waals surface area contributed by atoms with Gasteiger partial charge in [-0.2, -0.15) is 0 Å². The fourth-order valence-electron chi connectivity index (χ4n) is 2.98. The first-order valence-electron chi connectivity index (χ1n) is 10.2. The Hall–Kier alpha value is -3.71. The molecule has 0 aliphatic heterocycles. The zero-order chi connectivity index (χ0) is 22.9. The standard InChI is InChI=1S/C25H25N3O3S/c1-17(2)31-22-13-6-10-19(15-22)24(30)28-25(32)27-21-12-7-11-20(16-21)26-23(29)14-18-8-4-3-5-9-18/h3-13,15-17H,14H2,1-2H3,(H,26,29)(H2,27,28,30,32). The third kappa shape index (κ3) is 7.21. The van der Waals surface area contributed by atoms with Crippen molar-refractivity contribution in [2.45, 2.75) is 26.4 Å². The summed E-state index contributed by atoms with van der Waals surface area (Å²) < 4.78 is 5.62. The molecular formula is C25H25N3O3S. The molecule has 0 aliphatic carbocycles. The number of ether oxygens (including phenoxy) is 1.